The quantitative estimate of drug-likeness (QED) is 0.534. The summed E-state index contributed by atoms with van der Waals surface area (Å²) < 4.78 is 64.2. The Morgan fingerprint density at radius 1 is 1.32 bits per heavy atom. The van der Waals surface area contributed by atoms with Crippen LogP contribution in [0.2, 0.25) is 0 Å². The third-order valence-electron chi connectivity index (χ3n) is 5.98. The van der Waals surface area contributed by atoms with Gasteiger partial charge < -0.3 is 10.1 Å². The number of alkyl halides is 2. The van der Waals surface area contributed by atoms with Gasteiger partial charge in [-0.05, 0) is 50.1 Å². The van der Waals surface area contributed by atoms with E-state index in [1.165, 1.54) is 6.07 Å². The largest absolute Gasteiger partial charge is 0.475 e. The molecule has 2 saturated heterocycles. The molecule has 0 bridgehead atoms. The van der Waals surface area contributed by atoms with E-state index >= 15 is 8.78 Å². The Balaban J connectivity index is 1.32. The van der Waals surface area contributed by atoms with Gasteiger partial charge in [0.05, 0.1) is 12.7 Å². The molecule has 0 spiro atoms. The van der Waals surface area contributed by atoms with Gasteiger partial charge >= 0.3 is 19.4 Å². The molecule has 1 amide bonds. The van der Waals surface area contributed by atoms with Crippen molar-refractivity contribution in [3.63, 3.8) is 0 Å². The van der Waals surface area contributed by atoms with Crippen molar-refractivity contribution >= 4 is 31.3 Å². The topological polar surface area (TPSA) is 118 Å². The van der Waals surface area contributed by atoms with Crippen LogP contribution in [0.25, 0.3) is 0 Å². The van der Waals surface area contributed by atoms with Gasteiger partial charge in [-0.3, -0.25) is 22.9 Å². The number of halogens is 2. The summed E-state index contributed by atoms with van der Waals surface area (Å²) in [6, 6.07) is 6.58. The van der Waals surface area contributed by atoms with E-state index in [0.717, 1.165) is 23.1 Å². The van der Waals surface area contributed by atoms with Crippen molar-refractivity contribution in [1.82, 2.24) is 9.55 Å². The summed E-state index contributed by atoms with van der Waals surface area (Å²) in [5.41, 5.74) is 0.376. The maximum atomic E-state index is 15.2. The van der Waals surface area contributed by atoms with Crippen LogP contribution in [0.15, 0.2) is 40.2 Å². The van der Waals surface area contributed by atoms with Crippen LogP contribution in [0, 0.1) is 0 Å². The molecule has 1 aromatic carbocycles. The number of carbonyl (C=O) groups excluding carboxylic acids is 1. The van der Waals surface area contributed by atoms with Crippen LogP contribution in [0.5, 0.6) is 0 Å². The molecule has 200 valence electrons. The number of carbonyl (C=O) groups is 1. The minimum absolute atomic E-state index is 0.0426. The lowest BCUT2D eigenvalue weighted by molar-refractivity contribution is -0.139. The number of hydrogen-bond donors (Lipinski definition) is 1. The van der Waals surface area contributed by atoms with E-state index in [4.69, 9.17) is 18.3 Å². The number of phosphoric ester groups is 1. The SMILES string of the molecule is CC(C)OP1(=O)OC[C@H]2OC(n3ccc(NC(=O)c4ccc5c(c4)CC(C)(C)S5)nc3=O)C(F)(F)[C@@H]2O1. The fourth-order valence-electron chi connectivity index (χ4n) is 4.48. The number of aromatic nitrogens is 2. The van der Waals surface area contributed by atoms with Crippen molar-refractivity contribution in [2.24, 2.45) is 0 Å². The van der Waals surface area contributed by atoms with Gasteiger partial charge in [-0.25, -0.2) is 9.36 Å². The molecule has 2 aromatic rings. The fourth-order valence-corrected chi connectivity index (χ4v) is 7.27. The first-order chi connectivity index (χ1) is 17.3. The fraction of sp³-hybridized carbons (Fsp3) is 0.522. The predicted molar refractivity (Wildman–Crippen MR) is 130 cm³/mol. The molecule has 0 radical (unpaired) electrons. The predicted octanol–water partition coefficient (Wildman–Crippen LogP) is 4.40. The van der Waals surface area contributed by atoms with E-state index in [9.17, 15) is 14.2 Å². The van der Waals surface area contributed by atoms with E-state index in [1.807, 2.05) is 6.07 Å². The number of hydrogen-bond acceptors (Lipinski definition) is 9. The summed E-state index contributed by atoms with van der Waals surface area (Å²) in [6.07, 6.45) is -4.05. The third kappa shape index (κ3) is 5.13. The molecule has 3 aliphatic heterocycles. The van der Waals surface area contributed by atoms with Crippen molar-refractivity contribution < 1.29 is 36.4 Å². The number of rotatable bonds is 5. The molecule has 37 heavy (non-hydrogen) atoms. The average molecular weight is 558 g/mol. The monoisotopic (exact) mass is 557 g/mol. The van der Waals surface area contributed by atoms with Crippen molar-refractivity contribution in [3.8, 4) is 0 Å². The Labute approximate surface area is 215 Å². The minimum Gasteiger partial charge on any atom is -0.343 e. The number of anilines is 1. The lowest BCUT2D eigenvalue weighted by Crippen LogP contribution is -2.45. The third-order valence-corrected chi connectivity index (χ3v) is 8.92. The lowest BCUT2D eigenvalue weighted by atomic mass is 10.0. The number of ether oxygens (including phenoxy) is 1. The number of nitrogens with zero attached hydrogens (tertiary/aromatic N) is 2. The first-order valence-electron chi connectivity index (χ1n) is 11.6. The zero-order chi connectivity index (χ0) is 26.8. The lowest BCUT2D eigenvalue weighted by Gasteiger charge is -2.32. The second-order valence-corrected chi connectivity index (χ2v) is 13.3. The van der Waals surface area contributed by atoms with Crippen LogP contribution in [0.3, 0.4) is 0 Å². The number of fused-ring (bicyclic) bond motifs is 2. The smallest absolute Gasteiger partial charge is 0.343 e. The van der Waals surface area contributed by atoms with Gasteiger partial charge in [0.25, 0.3) is 5.91 Å². The molecule has 1 aromatic heterocycles. The molecule has 14 heteroatoms. The summed E-state index contributed by atoms with van der Waals surface area (Å²) in [6.45, 7) is 6.90. The number of phosphoric acid groups is 1. The van der Waals surface area contributed by atoms with Crippen molar-refractivity contribution in [1.29, 1.82) is 0 Å². The van der Waals surface area contributed by atoms with Crippen LogP contribution >= 0.6 is 19.6 Å². The van der Waals surface area contributed by atoms with Gasteiger partial charge in [-0.2, -0.15) is 13.8 Å². The van der Waals surface area contributed by atoms with E-state index in [0.29, 0.717) is 10.1 Å². The molecule has 4 heterocycles. The number of benzene rings is 1. The van der Waals surface area contributed by atoms with E-state index in [2.05, 4.69) is 24.1 Å². The zero-order valence-corrected chi connectivity index (χ0v) is 22.2. The van der Waals surface area contributed by atoms with Gasteiger partial charge in [0.2, 0.25) is 6.23 Å². The van der Waals surface area contributed by atoms with Gasteiger partial charge in [0, 0.05) is 21.4 Å². The summed E-state index contributed by atoms with van der Waals surface area (Å²) in [5, 5.41) is 2.53. The maximum absolute atomic E-state index is 15.2. The minimum atomic E-state index is -4.23. The molecule has 10 nitrogen and oxygen atoms in total. The molecule has 2 fully saturated rings. The van der Waals surface area contributed by atoms with Gasteiger partial charge in [0.1, 0.15) is 11.9 Å². The van der Waals surface area contributed by atoms with Gasteiger partial charge in [-0.1, -0.05) is 13.8 Å². The highest BCUT2D eigenvalue weighted by molar-refractivity contribution is 8.01. The highest BCUT2D eigenvalue weighted by Crippen LogP contribution is 2.60. The average Bonchev–Trinajstić information content (AvgIpc) is 3.23. The van der Waals surface area contributed by atoms with E-state index in [1.54, 1.807) is 37.7 Å². The Hall–Kier alpha value is -2.15. The summed E-state index contributed by atoms with van der Waals surface area (Å²) >= 11 is 1.74. The van der Waals surface area contributed by atoms with E-state index in [-0.39, 0.29) is 10.6 Å². The summed E-state index contributed by atoms with van der Waals surface area (Å²) in [7, 11) is -4.23. The Morgan fingerprint density at radius 2 is 2.08 bits per heavy atom. The van der Waals surface area contributed by atoms with Gasteiger partial charge in [-0.15, -0.1) is 11.8 Å². The highest BCUT2D eigenvalue weighted by Gasteiger charge is 2.65. The second kappa shape index (κ2) is 9.25. The molecule has 4 atom stereocenters. The summed E-state index contributed by atoms with van der Waals surface area (Å²) in [5.74, 6) is -4.34. The van der Waals surface area contributed by atoms with Crippen LogP contribution in [-0.4, -0.2) is 51.0 Å². The molecule has 3 aliphatic rings. The first kappa shape index (κ1) is 26.5. The van der Waals surface area contributed by atoms with Crippen molar-refractivity contribution in [2.45, 2.75) is 74.2 Å². The zero-order valence-electron chi connectivity index (χ0n) is 20.5. The van der Waals surface area contributed by atoms with Gasteiger partial charge in [0.15, 0.2) is 6.10 Å². The number of thioether (sulfide) groups is 1. The number of nitrogens with one attached hydrogen (secondary N) is 1. The Kier molecular flexibility index (Phi) is 6.61. The van der Waals surface area contributed by atoms with Crippen LogP contribution < -0.4 is 11.0 Å². The summed E-state index contributed by atoms with van der Waals surface area (Å²) in [4.78, 5) is 30.3. The first-order valence-corrected chi connectivity index (χ1v) is 13.9. The molecule has 0 aliphatic carbocycles. The standard InChI is InChI=1S/C23H26F2N3O7PS/c1-12(2)34-36(31)32-11-15-18(35-36)23(24,25)20(33-15)28-8-7-17(27-21(28)30)26-19(29)13-5-6-16-14(9-13)10-22(3,4)37-16/h5-9,12,15,18,20H,10-11H2,1-4H3,(H,26,27,29,30)/t15-,18-,20?,36?/m1/s1. The molecule has 0 saturated carbocycles. The van der Waals surface area contributed by atoms with Crippen molar-refractivity contribution in [2.75, 3.05) is 11.9 Å². The molecular formula is C23H26F2N3O7PS. The Morgan fingerprint density at radius 3 is 2.78 bits per heavy atom. The van der Waals surface area contributed by atoms with Crippen LogP contribution in [0.1, 0.15) is 49.8 Å². The molecular weight excluding hydrogens is 531 g/mol. The maximum Gasteiger partial charge on any atom is 0.475 e. The molecule has 1 N–H and O–H groups in total. The van der Waals surface area contributed by atoms with Crippen LogP contribution in [0.4, 0.5) is 14.6 Å². The number of amides is 1. The van der Waals surface area contributed by atoms with Crippen LogP contribution in [-0.2, 0) is 29.3 Å². The molecule has 5 rings (SSSR count). The highest BCUT2D eigenvalue weighted by atomic mass is 32.2. The normalized spacial score (nSPS) is 29.6. The van der Waals surface area contributed by atoms with Crippen molar-refractivity contribution in [3.05, 3.63) is 52.1 Å². The second-order valence-electron chi connectivity index (χ2n) is 9.94. The Bertz CT molecular complexity index is 1350. The van der Waals surface area contributed by atoms with E-state index < -0.39 is 56.5 Å². The molecule has 2 unspecified atom stereocenters.